The van der Waals surface area contributed by atoms with E-state index in [9.17, 15) is 9.59 Å². The molecule has 1 atom stereocenters. The molecule has 0 aliphatic heterocycles. The summed E-state index contributed by atoms with van der Waals surface area (Å²) < 4.78 is 0. The predicted molar refractivity (Wildman–Crippen MR) is 53.6 cm³/mol. The second kappa shape index (κ2) is 5.37. The Labute approximate surface area is 88.8 Å². The summed E-state index contributed by atoms with van der Waals surface area (Å²) in [7, 11) is 0. The van der Waals surface area contributed by atoms with Gasteiger partial charge in [-0.2, -0.15) is 0 Å². The van der Waals surface area contributed by atoms with E-state index < -0.39 is 23.4 Å². The largest absolute Gasteiger partial charge is 0.480 e. The van der Waals surface area contributed by atoms with Gasteiger partial charge < -0.3 is 9.94 Å². The van der Waals surface area contributed by atoms with Gasteiger partial charge in [-0.05, 0) is 20.8 Å². The van der Waals surface area contributed by atoms with Crippen LogP contribution in [0.15, 0.2) is 0 Å². The summed E-state index contributed by atoms with van der Waals surface area (Å²) in [4.78, 5) is 26.5. The van der Waals surface area contributed by atoms with Gasteiger partial charge >= 0.3 is 11.9 Å². The molecule has 2 N–H and O–H groups in total. The number of carbonyl (C=O) groups is 2. The smallest absolute Gasteiger partial charge is 0.330 e. The third-order valence-electron chi connectivity index (χ3n) is 1.53. The van der Waals surface area contributed by atoms with E-state index in [4.69, 9.17) is 11.5 Å². The molecule has 0 bridgehead atoms. The molecule has 0 saturated carbocycles. The van der Waals surface area contributed by atoms with Crippen molar-refractivity contribution in [1.82, 2.24) is 5.48 Å². The average molecular weight is 213 g/mol. The van der Waals surface area contributed by atoms with Gasteiger partial charge in [0.2, 0.25) is 0 Å². The highest BCUT2D eigenvalue weighted by atomic mass is 16.7. The number of hydrogen-bond donors (Lipinski definition) is 2. The summed E-state index contributed by atoms with van der Waals surface area (Å²) in [6, 6.07) is -1.07. The number of carboxylic acid groups (broad SMARTS) is 1. The van der Waals surface area contributed by atoms with Gasteiger partial charge in [-0.3, -0.25) is 4.79 Å². The second-order valence-electron chi connectivity index (χ2n) is 4.06. The lowest BCUT2D eigenvalue weighted by Gasteiger charge is -2.18. The molecule has 0 aromatic rings. The first-order chi connectivity index (χ1) is 6.79. The highest BCUT2D eigenvalue weighted by Crippen LogP contribution is 2.14. The van der Waals surface area contributed by atoms with Crippen LogP contribution < -0.4 is 5.48 Å². The summed E-state index contributed by atoms with van der Waals surface area (Å²) in [5.41, 5.74) is 1.45. The first-order valence-corrected chi connectivity index (χ1v) is 4.42. The van der Waals surface area contributed by atoms with Crippen LogP contribution in [0.3, 0.4) is 0 Å². The molecule has 0 rings (SSSR count). The molecule has 0 unspecified atom stereocenters. The molecule has 0 aliphatic rings. The molecule has 84 valence electrons. The quantitative estimate of drug-likeness (QED) is 0.527. The van der Waals surface area contributed by atoms with Gasteiger partial charge in [0.1, 0.15) is 0 Å². The van der Waals surface area contributed by atoms with Crippen LogP contribution in [0.2, 0.25) is 0 Å². The number of nitrogens with one attached hydrogen (secondary N) is 1. The van der Waals surface area contributed by atoms with Crippen molar-refractivity contribution < 1.29 is 19.5 Å². The summed E-state index contributed by atoms with van der Waals surface area (Å²) in [5, 5.41) is 8.67. The molecule has 0 radical (unpaired) electrons. The fourth-order valence-electron chi connectivity index (χ4n) is 0.575. The zero-order valence-electron chi connectivity index (χ0n) is 9.03. The van der Waals surface area contributed by atoms with Crippen LogP contribution in [-0.2, 0) is 14.4 Å². The standard InChI is InChI=1S/C10H15NO4/c1-5-6-7(8(12)13)11-15-9(14)10(2,3)4/h1,7,11H,6H2,2-4H3,(H,12,13)/t7-/m0/s1. The van der Waals surface area contributed by atoms with Crippen LogP contribution in [0.1, 0.15) is 27.2 Å². The van der Waals surface area contributed by atoms with Crippen molar-refractivity contribution in [3.05, 3.63) is 0 Å². The van der Waals surface area contributed by atoms with Crippen molar-refractivity contribution >= 4 is 11.9 Å². The Balaban J connectivity index is 4.19. The van der Waals surface area contributed by atoms with E-state index >= 15 is 0 Å². The number of carboxylic acids is 1. The van der Waals surface area contributed by atoms with Crippen LogP contribution in [-0.4, -0.2) is 23.1 Å². The van der Waals surface area contributed by atoms with Gasteiger partial charge in [-0.1, -0.05) is 0 Å². The van der Waals surface area contributed by atoms with E-state index in [1.807, 2.05) is 0 Å². The fourth-order valence-corrected chi connectivity index (χ4v) is 0.575. The van der Waals surface area contributed by atoms with Crippen molar-refractivity contribution in [2.75, 3.05) is 0 Å². The third kappa shape index (κ3) is 5.03. The van der Waals surface area contributed by atoms with Crippen molar-refractivity contribution in [2.24, 2.45) is 5.41 Å². The lowest BCUT2D eigenvalue weighted by molar-refractivity contribution is -0.165. The molecule has 0 amide bonds. The Morgan fingerprint density at radius 1 is 1.53 bits per heavy atom. The minimum atomic E-state index is -1.16. The molecule has 0 spiro atoms. The minimum absolute atomic E-state index is 0.0489. The molecular formula is C10H15NO4. The van der Waals surface area contributed by atoms with Crippen molar-refractivity contribution in [3.8, 4) is 12.3 Å². The molecule has 0 fully saturated rings. The van der Waals surface area contributed by atoms with Crippen LogP contribution in [0.25, 0.3) is 0 Å². The summed E-state index contributed by atoms with van der Waals surface area (Å²) in [5.74, 6) is 0.483. The fraction of sp³-hybridized carbons (Fsp3) is 0.600. The molecule has 0 aromatic heterocycles. The Morgan fingerprint density at radius 3 is 2.40 bits per heavy atom. The van der Waals surface area contributed by atoms with Crippen molar-refractivity contribution in [1.29, 1.82) is 0 Å². The lowest BCUT2D eigenvalue weighted by atomic mass is 9.98. The molecule has 5 heteroatoms. The van der Waals surface area contributed by atoms with Crippen LogP contribution in [0.4, 0.5) is 0 Å². The Hall–Kier alpha value is -1.54. The SMILES string of the molecule is C#CC[C@H](NOC(=O)C(C)(C)C)C(=O)O. The van der Waals surface area contributed by atoms with E-state index in [0.717, 1.165) is 0 Å². The number of carbonyl (C=O) groups excluding carboxylic acids is 1. The van der Waals surface area contributed by atoms with E-state index in [0.29, 0.717) is 0 Å². The van der Waals surface area contributed by atoms with E-state index in [2.05, 4.69) is 16.2 Å². The third-order valence-corrected chi connectivity index (χ3v) is 1.53. The Bertz CT molecular complexity index is 285. The van der Waals surface area contributed by atoms with Crippen LogP contribution in [0, 0.1) is 17.8 Å². The number of aliphatic carboxylic acids is 1. The van der Waals surface area contributed by atoms with Gasteiger partial charge in [0.15, 0.2) is 6.04 Å². The highest BCUT2D eigenvalue weighted by molar-refractivity contribution is 5.76. The topological polar surface area (TPSA) is 75.6 Å². The van der Waals surface area contributed by atoms with E-state index in [1.165, 1.54) is 0 Å². The highest BCUT2D eigenvalue weighted by Gasteiger charge is 2.25. The molecule has 0 saturated heterocycles. The van der Waals surface area contributed by atoms with Gasteiger partial charge in [0.05, 0.1) is 5.41 Å². The summed E-state index contributed by atoms with van der Waals surface area (Å²) in [6.45, 7) is 4.98. The van der Waals surface area contributed by atoms with Gasteiger partial charge in [-0.25, -0.2) is 4.79 Å². The number of hydroxylamine groups is 1. The van der Waals surface area contributed by atoms with Crippen LogP contribution >= 0.6 is 0 Å². The van der Waals surface area contributed by atoms with E-state index in [1.54, 1.807) is 20.8 Å². The number of hydrogen-bond acceptors (Lipinski definition) is 4. The zero-order valence-corrected chi connectivity index (χ0v) is 9.03. The predicted octanol–water partition coefficient (Wildman–Crippen LogP) is 0.557. The molecule has 0 aromatic carbocycles. The van der Waals surface area contributed by atoms with Gasteiger partial charge in [0, 0.05) is 6.42 Å². The lowest BCUT2D eigenvalue weighted by Crippen LogP contribution is -2.40. The Kier molecular flexibility index (Phi) is 4.82. The zero-order chi connectivity index (χ0) is 12.1. The van der Waals surface area contributed by atoms with Gasteiger partial charge in [0.25, 0.3) is 0 Å². The molecule has 0 aliphatic carbocycles. The first-order valence-electron chi connectivity index (χ1n) is 4.42. The van der Waals surface area contributed by atoms with E-state index in [-0.39, 0.29) is 6.42 Å². The maximum absolute atomic E-state index is 11.3. The Morgan fingerprint density at radius 2 is 2.07 bits per heavy atom. The first kappa shape index (κ1) is 13.5. The molecular weight excluding hydrogens is 198 g/mol. The van der Waals surface area contributed by atoms with Crippen LogP contribution in [0.5, 0.6) is 0 Å². The molecule has 15 heavy (non-hydrogen) atoms. The monoisotopic (exact) mass is 213 g/mol. The summed E-state index contributed by atoms with van der Waals surface area (Å²) >= 11 is 0. The molecule has 5 nitrogen and oxygen atoms in total. The van der Waals surface area contributed by atoms with Crippen molar-refractivity contribution in [2.45, 2.75) is 33.2 Å². The van der Waals surface area contributed by atoms with Gasteiger partial charge in [-0.15, -0.1) is 17.8 Å². The van der Waals surface area contributed by atoms with Crippen molar-refractivity contribution in [3.63, 3.8) is 0 Å². The summed E-state index contributed by atoms with van der Waals surface area (Å²) in [6.07, 6.45) is 4.92. The molecule has 0 heterocycles. The normalized spacial score (nSPS) is 12.7. The minimum Gasteiger partial charge on any atom is -0.480 e. The number of terminal acetylenes is 1. The maximum atomic E-state index is 11.3. The average Bonchev–Trinajstić information content (AvgIpc) is 2.09. The maximum Gasteiger partial charge on any atom is 0.330 e. The second-order valence-corrected chi connectivity index (χ2v) is 4.06. The number of rotatable bonds is 4.